The van der Waals surface area contributed by atoms with Crippen molar-refractivity contribution in [1.29, 1.82) is 0 Å². The number of carbonyl (C=O) groups excluding carboxylic acids is 1. The highest BCUT2D eigenvalue weighted by Gasteiger charge is 2.32. The zero-order chi connectivity index (χ0) is 14.2. The first kappa shape index (κ1) is 13.2. The number of fused-ring (bicyclic) bond motifs is 1. The summed E-state index contributed by atoms with van der Waals surface area (Å²) < 4.78 is 1.82. The Kier molecular flexibility index (Phi) is 3.39. The van der Waals surface area contributed by atoms with E-state index in [1.165, 1.54) is 19.4 Å². The van der Waals surface area contributed by atoms with Crippen molar-refractivity contribution in [2.45, 2.75) is 31.3 Å². The smallest absolute Gasteiger partial charge is 0.276 e. The lowest BCUT2D eigenvalue weighted by atomic mass is 10.2. The van der Waals surface area contributed by atoms with Crippen LogP contribution in [0.25, 0.3) is 0 Å². The summed E-state index contributed by atoms with van der Waals surface area (Å²) in [5, 5.41) is 11.4. The van der Waals surface area contributed by atoms with Crippen LogP contribution < -0.4 is 5.32 Å². The van der Waals surface area contributed by atoms with Gasteiger partial charge in [0.2, 0.25) is 0 Å². The molecular formula is C14H22N6O. The van der Waals surface area contributed by atoms with Gasteiger partial charge in [0.25, 0.3) is 5.91 Å². The molecule has 1 aromatic heterocycles. The Morgan fingerprint density at radius 2 is 2.05 bits per heavy atom. The molecule has 1 unspecified atom stereocenters. The van der Waals surface area contributed by atoms with Crippen molar-refractivity contribution in [2.24, 2.45) is 0 Å². The molecule has 0 spiro atoms. The summed E-state index contributed by atoms with van der Waals surface area (Å²) in [6, 6.07) is 0.899. The van der Waals surface area contributed by atoms with Gasteiger partial charge in [-0.25, -0.2) is 4.68 Å². The van der Waals surface area contributed by atoms with Crippen LogP contribution in [-0.4, -0.2) is 76.0 Å². The number of nitrogens with zero attached hydrogens (tertiary/aromatic N) is 5. The molecule has 7 heteroatoms. The second-order valence-electron chi connectivity index (χ2n) is 6.33. The lowest BCUT2D eigenvalue weighted by Crippen LogP contribution is -2.43. The molecule has 0 saturated carbocycles. The van der Waals surface area contributed by atoms with E-state index in [-0.39, 0.29) is 5.91 Å². The summed E-state index contributed by atoms with van der Waals surface area (Å²) in [6.07, 6.45) is 5.34. The summed E-state index contributed by atoms with van der Waals surface area (Å²) in [5.74, 6) is 0.0438. The van der Waals surface area contributed by atoms with E-state index in [1.807, 2.05) is 15.8 Å². The van der Waals surface area contributed by atoms with E-state index < -0.39 is 0 Å². The number of nitrogens with one attached hydrogen (secondary N) is 1. The average Bonchev–Trinajstić information content (AvgIpc) is 3.02. The molecule has 4 heterocycles. The molecule has 1 atom stereocenters. The molecule has 1 N–H and O–H groups in total. The van der Waals surface area contributed by atoms with Gasteiger partial charge >= 0.3 is 0 Å². The molecule has 7 nitrogen and oxygen atoms in total. The summed E-state index contributed by atoms with van der Waals surface area (Å²) >= 11 is 0. The number of carbonyl (C=O) groups is 1. The van der Waals surface area contributed by atoms with Crippen molar-refractivity contribution in [3.05, 3.63) is 11.9 Å². The molecule has 1 amide bonds. The SMILES string of the molecule is O=C(c1cn(C2CNC2)nn1)N1CCCN2CCCC2C1. The lowest BCUT2D eigenvalue weighted by molar-refractivity contribution is 0.0737. The van der Waals surface area contributed by atoms with Crippen molar-refractivity contribution in [3.8, 4) is 0 Å². The fraction of sp³-hybridized carbons (Fsp3) is 0.786. The van der Waals surface area contributed by atoms with E-state index in [1.54, 1.807) is 0 Å². The maximum Gasteiger partial charge on any atom is 0.276 e. The highest BCUT2D eigenvalue weighted by Crippen LogP contribution is 2.22. The molecule has 0 aromatic carbocycles. The van der Waals surface area contributed by atoms with Gasteiger partial charge in [-0.1, -0.05) is 5.21 Å². The number of hydrogen-bond donors (Lipinski definition) is 1. The monoisotopic (exact) mass is 290 g/mol. The van der Waals surface area contributed by atoms with E-state index in [2.05, 4.69) is 20.5 Å². The number of hydrogen-bond acceptors (Lipinski definition) is 5. The van der Waals surface area contributed by atoms with Crippen LogP contribution in [0.2, 0.25) is 0 Å². The molecule has 3 aliphatic heterocycles. The van der Waals surface area contributed by atoms with Gasteiger partial charge in [-0.05, 0) is 25.8 Å². The Bertz CT molecular complexity index is 525. The maximum atomic E-state index is 12.7. The fourth-order valence-electron chi connectivity index (χ4n) is 3.57. The summed E-state index contributed by atoms with van der Waals surface area (Å²) in [7, 11) is 0. The van der Waals surface area contributed by atoms with Crippen LogP contribution in [0.3, 0.4) is 0 Å². The van der Waals surface area contributed by atoms with Crippen LogP contribution in [0.15, 0.2) is 6.20 Å². The molecule has 114 valence electrons. The van der Waals surface area contributed by atoms with Crippen LogP contribution in [-0.2, 0) is 0 Å². The van der Waals surface area contributed by atoms with Gasteiger partial charge in [-0.2, -0.15) is 0 Å². The topological polar surface area (TPSA) is 66.3 Å². The molecule has 21 heavy (non-hydrogen) atoms. The van der Waals surface area contributed by atoms with Gasteiger partial charge in [-0.15, -0.1) is 5.10 Å². The predicted molar refractivity (Wildman–Crippen MR) is 77.0 cm³/mol. The highest BCUT2D eigenvalue weighted by molar-refractivity contribution is 5.92. The summed E-state index contributed by atoms with van der Waals surface area (Å²) in [4.78, 5) is 17.2. The third-order valence-electron chi connectivity index (χ3n) is 4.95. The minimum atomic E-state index is 0.0438. The Morgan fingerprint density at radius 3 is 2.86 bits per heavy atom. The number of amides is 1. The van der Waals surface area contributed by atoms with Crippen molar-refractivity contribution in [3.63, 3.8) is 0 Å². The fourth-order valence-corrected chi connectivity index (χ4v) is 3.57. The largest absolute Gasteiger partial charge is 0.336 e. The average molecular weight is 290 g/mol. The summed E-state index contributed by atoms with van der Waals surface area (Å²) in [6.45, 7) is 5.82. The van der Waals surface area contributed by atoms with Gasteiger partial charge in [0.05, 0.1) is 12.2 Å². The van der Waals surface area contributed by atoms with Crippen LogP contribution in [0, 0.1) is 0 Å². The third kappa shape index (κ3) is 2.44. The van der Waals surface area contributed by atoms with Crippen molar-refractivity contribution >= 4 is 5.91 Å². The van der Waals surface area contributed by atoms with E-state index >= 15 is 0 Å². The zero-order valence-corrected chi connectivity index (χ0v) is 12.2. The lowest BCUT2D eigenvalue weighted by Gasteiger charge is -2.26. The first-order chi connectivity index (χ1) is 10.3. The van der Waals surface area contributed by atoms with E-state index in [4.69, 9.17) is 0 Å². The zero-order valence-electron chi connectivity index (χ0n) is 12.2. The minimum absolute atomic E-state index is 0.0438. The third-order valence-corrected chi connectivity index (χ3v) is 4.95. The molecule has 0 aliphatic carbocycles. The molecule has 3 fully saturated rings. The molecular weight excluding hydrogens is 268 g/mol. The predicted octanol–water partition coefficient (Wildman–Crippen LogP) is -0.267. The van der Waals surface area contributed by atoms with Crippen molar-refractivity contribution < 1.29 is 4.79 Å². The van der Waals surface area contributed by atoms with Gasteiger partial charge in [0, 0.05) is 38.8 Å². The van der Waals surface area contributed by atoms with Crippen LogP contribution in [0.1, 0.15) is 35.8 Å². The molecule has 1 aromatic rings. The first-order valence-corrected chi connectivity index (χ1v) is 7.97. The Balaban J connectivity index is 1.46. The molecule has 0 bridgehead atoms. The Hall–Kier alpha value is -1.47. The van der Waals surface area contributed by atoms with Gasteiger partial charge < -0.3 is 10.2 Å². The standard InChI is InChI=1S/C14H22N6O/c21-14(13-10-20(17-16-13)12-7-15-8-12)19-6-2-5-18-4-1-3-11(18)9-19/h10-12,15H,1-9H2. The number of aromatic nitrogens is 3. The van der Waals surface area contributed by atoms with E-state index in [0.717, 1.165) is 39.1 Å². The van der Waals surface area contributed by atoms with Crippen molar-refractivity contribution in [1.82, 2.24) is 30.1 Å². The molecule has 3 aliphatic rings. The first-order valence-electron chi connectivity index (χ1n) is 7.97. The Labute approximate surface area is 124 Å². The van der Waals surface area contributed by atoms with Gasteiger partial charge in [0.1, 0.15) is 0 Å². The van der Waals surface area contributed by atoms with Crippen LogP contribution in [0.5, 0.6) is 0 Å². The van der Waals surface area contributed by atoms with Crippen LogP contribution >= 0.6 is 0 Å². The van der Waals surface area contributed by atoms with Crippen molar-refractivity contribution in [2.75, 3.05) is 39.3 Å². The summed E-state index contributed by atoms with van der Waals surface area (Å²) in [5.41, 5.74) is 0.494. The molecule has 4 rings (SSSR count). The second kappa shape index (κ2) is 5.38. The number of rotatable bonds is 2. The van der Waals surface area contributed by atoms with Crippen LogP contribution in [0.4, 0.5) is 0 Å². The molecule has 3 saturated heterocycles. The maximum absolute atomic E-state index is 12.7. The second-order valence-corrected chi connectivity index (χ2v) is 6.33. The Morgan fingerprint density at radius 1 is 1.19 bits per heavy atom. The van der Waals surface area contributed by atoms with E-state index in [0.29, 0.717) is 17.8 Å². The minimum Gasteiger partial charge on any atom is -0.336 e. The van der Waals surface area contributed by atoms with E-state index in [9.17, 15) is 4.79 Å². The highest BCUT2D eigenvalue weighted by atomic mass is 16.2. The molecule has 0 radical (unpaired) electrons. The van der Waals surface area contributed by atoms with Gasteiger partial charge in [-0.3, -0.25) is 9.69 Å². The quantitative estimate of drug-likeness (QED) is 0.812. The van der Waals surface area contributed by atoms with Gasteiger partial charge in [0.15, 0.2) is 5.69 Å². The normalized spacial score (nSPS) is 27.2.